The number of aryl methyl sites for hydroxylation is 1. The van der Waals surface area contributed by atoms with E-state index >= 15 is 0 Å². The number of rotatable bonds is 7. The second-order valence-electron chi connectivity index (χ2n) is 6.05. The Hall–Kier alpha value is -0.490. The summed E-state index contributed by atoms with van der Waals surface area (Å²) in [5.74, 6) is 0.751. The highest BCUT2D eigenvalue weighted by molar-refractivity contribution is 7.09. The molecule has 0 unspecified atom stereocenters. The summed E-state index contributed by atoms with van der Waals surface area (Å²) in [6, 6.07) is 0. The topological polar surface area (TPSA) is 37.4 Å². The second-order valence-corrected chi connectivity index (χ2v) is 6.99. The molecule has 1 aromatic heterocycles. The van der Waals surface area contributed by atoms with Crippen LogP contribution in [0.5, 0.6) is 0 Å². The zero-order valence-electron chi connectivity index (χ0n) is 12.9. The van der Waals surface area contributed by atoms with Gasteiger partial charge in [0.15, 0.2) is 0 Å². The molecule has 1 saturated heterocycles. The lowest BCUT2D eigenvalue weighted by molar-refractivity contribution is -0.0182. The summed E-state index contributed by atoms with van der Waals surface area (Å²) in [6.07, 6.45) is 2.65. The van der Waals surface area contributed by atoms with Crippen LogP contribution in [-0.4, -0.2) is 49.3 Å². The van der Waals surface area contributed by atoms with Gasteiger partial charge < -0.3 is 15.0 Å². The first-order valence-electron chi connectivity index (χ1n) is 7.57. The Labute approximate surface area is 126 Å². The maximum atomic E-state index is 5.73. The molecule has 1 fully saturated rings. The molecule has 20 heavy (non-hydrogen) atoms. The molecule has 1 N–H and O–H groups in total. The molecule has 1 atom stereocenters. The average Bonchev–Trinajstić information content (AvgIpc) is 2.84. The number of hydrogen-bond donors (Lipinski definition) is 1. The van der Waals surface area contributed by atoms with Crippen molar-refractivity contribution in [3.8, 4) is 0 Å². The first kappa shape index (κ1) is 15.9. The molecular formula is C15H27N3OS. The second kappa shape index (κ2) is 8.08. The zero-order valence-corrected chi connectivity index (χ0v) is 13.7. The third-order valence-electron chi connectivity index (χ3n) is 3.55. The first-order chi connectivity index (χ1) is 9.63. The molecule has 1 aliphatic heterocycles. The maximum Gasteiger partial charge on any atom is 0.0928 e. The van der Waals surface area contributed by atoms with E-state index in [2.05, 4.69) is 41.5 Å². The molecule has 0 spiro atoms. The number of nitrogens with zero attached hydrogens (tertiary/aromatic N) is 2. The van der Waals surface area contributed by atoms with Crippen molar-refractivity contribution in [2.75, 3.05) is 33.3 Å². The van der Waals surface area contributed by atoms with E-state index in [1.165, 1.54) is 11.4 Å². The van der Waals surface area contributed by atoms with Gasteiger partial charge in [-0.1, -0.05) is 13.8 Å². The number of thiazole rings is 1. The van der Waals surface area contributed by atoms with Crippen LogP contribution < -0.4 is 5.32 Å². The number of hydrogen-bond acceptors (Lipinski definition) is 5. The Balaban J connectivity index is 1.66. The Morgan fingerprint density at radius 2 is 2.40 bits per heavy atom. The molecule has 4 nitrogen and oxygen atoms in total. The minimum Gasteiger partial charge on any atom is -0.374 e. The van der Waals surface area contributed by atoms with Crippen molar-refractivity contribution in [2.24, 2.45) is 5.92 Å². The van der Waals surface area contributed by atoms with Crippen LogP contribution in [0.25, 0.3) is 0 Å². The van der Waals surface area contributed by atoms with Crippen molar-refractivity contribution in [2.45, 2.75) is 39.3 Å². The molecule has 0 saturated carbocycles. The van der Waals surface area contributed by atoms with Crippen LogP contribution in [0, 0.1) is 5.92 Å². The van der Waals surface area contributed by atoms with Gasteiger partial charge in [0.2, 0.25) is 0 Å². The highest BCUT2D eigenvalue weighted by atomic mass is 32.1. The predicted molar refractivity (Wildman–Crippen MR) is 84.2 cm³/mol. The Morgan fingerprint density at radius 1 is 1.55 bits per heavy atom. The van der Waals surface area contributed by atoms with Crippen molar-refractivity contribution in [1.82, 2.24) is 15.2 Å². The molecule has 5 heteroatoms. The van der Waals surface area contributed by atoms with E-state index in [9.17, 15) is 0 Å². The maximum absolute atomic E-state index is 5.73. The van der Waals surface area contributed by atoms with E-state index in [-0.39, 0.29) is 0 Å². The number of nitrogens with one attached hydrogen (secondary N) is 1. The fourth-order valence-electron chi connectivity index (χ4n) is 2.31. The summed E-state index contributed by atoms with van der Waals surface area (Å²) in [5, 5.41) is 6.91. The fraction of sp³-hybridized carbons (Fsp3) is 0.800. The van der Waals surface area contributed by atoms with Crippen LogP contribution in [0.4, 0.5) is 0 Å². The standard InChI is InChI=1S/C15H27N3OS/c1-12(2)4-5-15-17-13(11-20-15)8-16-9-14-10-18(3)6-7-19-14/h11-12,14,16H,4-10H2,1-3H3/t14-/m1/s1. The van der Waals surface area contributed by atoms with Crippen molar-refractivity contribution in [3.63, 3.8) is 0 Å². The molecule has 1 aliphatic rings. The molecule has 0 amide bonds. The molecule has 2 rings (SSSR count). The summed E-state index contributed by atoms with van der Waals surface area (Å²) in [4.78, 5) is 7.01. The van der Waals surface area contributed by atoms with Gasteiger partial charge in [-0.05, 0) is 25.8 Å². The largest absolute Gasteiger partial charge is 0.374 e. The van der Waals surface area contributed by atoms with E-state index in [1.807, 2.05) is 0 Å². The Bertz CT molecular complexity index is 394. The molecule has 0 aromatic carbocycles. The fourth-order valence-corrected chi connectivity index (χ4v) is 3.12. The van der Waals surface area contributed by atoms with Gasteiger partial charge in [0.1, 0.15) is 0 Å². The van der Waals surface area contributed by atoms with E-state index in [4.69, 9.17) is 4.74 Å². The van der Waals surface area contributed by atoms with Crippen molar-refractivity contribution in [1.29, 1.82) is 0 Å². The molecule has 0 bridgehead atoms. The average molecular weight is 297 g/mol. The van der Waals surface area contributed by atoms with Crippen LogP contribution in [-0.2, 0) is 17.7 Å². The third kappa shape index (κ3) is 5.48. The molecule has 1 aromatic rings. The van der Waals surface area contributed by atoms with Crippen LogP contribution in [0.3, 0.4) is 0 Å². The quantitative estimate of drug-likeness (QED) is 0.837. The minimum absolute atomic E-state index is 0.313. The summed E-state index contributed by atoms with van der Waals surface area (Å²) < 4.78 is 5.73. The summed E-state index contributed by atoms with van der Waals surface area (Å²) in [6.45, 7) is 9.18. The van der Waals surface area contributed by atoms with E-state index in [0.29, 0.717) is 6.10 Å². The van der Waals surface area contributed by atoms with Gasteiger partial charge in [-0.2, -0.15) is 0 Å². The van der Waals surface area contributed by atoms with Crippen LogP contribution >= 0.6 is 11.3 Å². The molecule has 0 radical (unpaired) electrons. The Kier molecular flexibility index (Phi) is 6.42. The smallest absolute Gasteiger partial charge is 0.0928 e. The van der Waals surface area contributed by atoms with Crippen molar-refractivity contribution >= 4 is 11.3 Å². The highest BCUT2D eigenvalue weighted by Gasteiger charge is 2.17. The number of morpholine rings is 1. The number of ether oxygens (including phenoxy) is 1. The molecular weight excluding hydrogens is 270 g/mol. The predicted octanol–water partition coefficient (Wildman–Crippen LogP) is 2.15. The van der Waals surface area contributed by atoms with Gasteiger partial charge in [0, 0.05) is 31.6 Å². The minimum atomic E-state index is 0.313. The van der Waals surface area contributed by atoms with Gasteiger partial charge in [-0.25, -0.2) is 4.98 Å². The molecule has 0 aliphatic carbocycles. The van der Waals surface area contributed by atoms with Crippen molar-refractivity contribution in [3.05, 3.63) is 16.1 Å². The zero-order chi connectivity index (χ0) is 14.4. The van der Waals surface area contributed by atoms with Crippen molar-refractivity contribution < 1.29 is 4.74 Å². The van der Waals surface area contributed by atoms with Crippen LogP contribution in [0.2, 0.25) is 0 Å². The highest BCUT2D eigenvalue weighted by Crippen LogP contribution is 2.14. The molecule has 114 valence electrons. The SMILES string of the molecule is CC(C)CCc1nc(CNC[C@@H]2CN(C)CCO2)cs1. The first-order valence-corrected chi connectivity index (χ1v) is 8.45. The lowest BCUT2D eigenvalue weighted by atomic mass is 10.1. The van der Waals surface area contributed by atoms with E-state index in [1.54, 1.807) is 11.3 Å². The van der Waals surface area contributed by atoms with Crippen LogP contribution in [0.15, 0.2) is 5.38 Å². The Morgan fingerprint density at radius 3 is 3.15 bits per heavy atom. The van der Waals surface area contributed by atoms with E-state index in [0.717, 1.165) is 50.8 Å². The summed E-state index contributed by atoms with van der Waals surface area (Å²) in [5.41, 5.74) is 1.16. The normalized spacial score (nSPS) is 20.7. The van der Waals surface area contributed by atoms with Gasteiger partial charge in [0.05, 0.1) is 23.4 Å². The van der Waals surface area contributed by atoms with Gasteiger partial charge in [-0.15, -0.1) is 11.3 Å². The summed E-state index contributed by atoms with van der Waals surface area (Å²) >= 11 is 1.79. The lowest BCUT2D eigenvalue weighted by Crippen LogP contribution is -2.44. The van der Waals surface area contributed by atoms with Gasteiger partial charge >= 0.3 is 0 Å². The number of likely N-dealkylation sites (N-methyl/N-ethyl adjacent to an activating group) is 1. The number of aromatic nitrogens is 1. The van der Waals surface area contributed by atoms with Gasteiger partial charge in [0.25, 0.3) is 0 Å². The van der Waals surface area contributed by atoms with Crippen LogP contribution in [0.1, 0.15) is 31.0 Å². The summed E-state index contributed by atoms with van der Waals surface area (Å²) in [7, 11) is 2.15. The third-order valence-corrected chi connectivity index (χ3v) is 4.51. The monoisotopic (exact) mass is 297 g/mol. The lowest BCUT2D eigenvalue weighted by Gasteiger charge is -2.30. The van der Waals surface area contributed by atoms with Gasteiger partial charge in [-0.3, -0.25) is 0 Å². The molecule has 2 heterocycles. The van der Waals surface area contributed by atoms with E-state index < -0.39 is 0 Å².